The first kappa shape index (κ1) is 17.1. The number of ether oxygens (including phenoxy) is 2. The van der Waals surface area contributed by atoms with Crippen molar-refractivity contribution in [2.75, 3.05) is 13.7 Å². The van der Waals surface area contributed by atoms with Gasteiger partial charge in [0, 0.05) is 12.1 Å². The summed E-state index contributed by atoms with van der Waals surface area (Å²) in [5.74, 6) is 0.105. The second-order valence-corrected chi connectivity index (χ2v) is 5.14. The minimum Gasteiger partial charge on any atom is -0.493 e. The largest absolute Gasteiger partial charge is 0.493 e. The Morgan fingerprint density at radius 1 is 1.30 bits per heavy atom. The third-order valence-corrected chi connectivity index (χ3v) is 3.40. The van der Waals surface area contributed by atoms with Crippen LogP contribution in [-0.4, -0.2) is 19.6 Å². The summed E-state index contributed by atoms with van der Waals surface area (Å²) in [5, 5.41) is 3.01. The minimum absolute atomic E-state index is 0.212. The Bertz CT molecular complexity index is 706. The highest BCUT2D eigenvalue weighted by atomic mass is 35.5. The number of hydrogen-bond donors (Lipinski definition) is 1. The van der Waals surface area contributed by atoms with Gasteiger partial charge in [-0.3, -0.25) is 4.79 Å². The number of carbonyl (C=O) groups excluding carboxylic acids is 1. The van der Waals surface area contributed by atoms with E-state index in [1.54, 1.807) is 18.2 Å². The predicted octanol–water partition coefficient (Wildman–Crippen LogP) is 3.82. The monoisotopic (exact) mass is 337 g/mol. The number of nitrogens with one attached hydrogen (secondary N) is 1. The molecule has 0 heterocycles. The number of carbonyl (C=O) groups is 1. The Labute approximate surface area is 139 Å². The Morgan fingerprint density at radius 3 is 2.74 bits per heavy atom. The molecule has 0 aliphatic carbocycles. The topological polar surface area (TPSA) is 47.6 Å². The van der Waals surface area contributed by atoms with Crippen LogP contribution in [0.25, 0.3) is 0 Å². The molecule has 122 valence electrons. The van der Waals surface area contributed by atoms with E-state index >= 15 is 0 Å². The van der Waals surface area contributed by atoms with Gasteiger partial charge in [-0.15, -0.1) is 0 Å². The molecule has 23 heavy (non-hydrogen) atoms. The lowest BCUT2D eigenvalue weighted by Gasteiger charge is -2.13. The van der Waals surface area contributed by atoms with E-state index in [-0.39, 0.29) is 18.3 Å². The van der Waals surface area contributed by atoms with Gasteiger partial charge in [-0.2, -0.15) is 0 Å². The second-order valence-electron chi connectivity index (χ2n) is 4.74. The van der Waals surface area contributed by atoms with Gasteiger partial charge in [0.25, 0.3) is 5.91 Å². The Morgan fingerprint density at radius 2 is 2.09 bits per heavy atom. The predicted molar refractivity (Wildman–Crippen MR) is 86.7 cm³/mol. The molecule has 4 nitrogen and oxygen atoms in total. The zero-order valence-corrected chi connectivity index (χ0v) is 13.6. The zero-order valence-electron chi connectivity index (χ0n) is 12.9. The lowest BCUT2D eigenvalue weighted by Crippen LogP contribution is -2.23. The average molecular weight is 338 g/mol. The average Bonchev–Trinajstić information content (AvgIpc) is 2.54. The van der Waals surface area contributed by atoms with Crippen molar-refractivity contribution in [2.45, 2.75) is 13.5 Å². The molecule has 0 fully saturated rings. The summed E-state index contributed by atoms with van der Waals surface area (Å²) in [4.78, 5) is 12.2. The SMILES string of the molecule is CCOc1c(Cl)cc(C(=O)NCc2cccc(F)c2)cc1OC. The van der Waals surface area contributed by atoms with Crippen molar-refractivity contribution in [3.8, 4) is 11.5 Å². The number of hydrogen-bond acceptors (Lipinski definition) is 3. The van der Waals surface area contributed by atoms with Crippen LogP contribution in [-0.2, 0) is 6.54 Å². The smallest absolute Gasteiger partial charge is 0.251 e. The summed E-state index contributed by atoms with van der Waals surface area (Å²) < 4.78 is 23.7. The fourth-order valence-corrected chi connectivity index (χ4v) is 2.33. The van der Waals surface area contributed by atoms with E-state index in [0.29, 0.717) is 34.3 Å². The van der Waals surface area contributed by atoms with Crippen molar-refractivity contribution >= 4 is 17.5 Å². The third-order valence-electron chi connectivity index (χ3n) is 3.12. The number of rotatable bonds is 6. The summed E-state index contributed by atoms with van der Waals surface area (Å²) in [7, 11) is 1.47. The van der Waals surface area contributed by atoms with Crippen LogP contribution in [0.2, 0.25) is 5.02 Å². The maximum atomic E-state index is 13.1. The molecule has 2 aromatic carbocycles. The quantitative estimate of drug-likeness (QED) is 0.871. The van der Waals surface area contributed by atoms with Gasteiger partial charge in [0.05, 0.1) is 18.7 Å². The van der Waals surface area contributed by atoms with Gasteiger partial charge >= 0.3 is 0 Å². The number of benzene rings is 2. The second kappa shape index (κ2) is 7.83. The highest BCUT2D eigenvalue weighted by molar-refractivity contribution is 6.32. The van der Waals surface area contributed by atoms with Gasteiger partial charge in [-0.25, -0.2) is 4.39 Å². The van der Waals surface area contributed by atoms with Crippen molar-refractivity contribution in [3.63, 3.8) is 0 Å². The van der Waals surface area contributed by atoms with Crippen LogP contribution in [0.4, 0.5) is 4.39 Å². The number of methoxy groups -OCH3 is 1. The summed E-state index contributed by atoms with van der Waals surface area (Å²) >= 11 is 6.14. The molecular formula is C17H17ClFNO3. The van der Waals surface area contributed by atoms with E-state index in [9.17, 15) is 9.18 Å². The molecule has 0 saturated carbocycles. The van der Waals surface area contributed by atoms with Crippen molar-refractivity contribution in [3.05, 3.63) is 58.4 Å². The molecule has 2 rings (SSSR count). The van der Waals surface area contributed by atoms with Gasteiger partial charge in [0.2, 0.25) is 0 Å². The van der Waals surface area contributed by atoms with Crippen LogP contribution in [0.3, 0.4) is 0 Å². The lowest BCUT2D eigenvalue weighted by atomic mass is 10.1. The van der Waals surface area contributed by atoms with Crippen molar-refractivity contribution in [1.29, 1.82) is 0 Å². The van der Waals surface area contributed by atoms with Crippen LogP contribution >= 0.6 is 11.6 Å². The normalized spacial score (nSPS) is 10.3. The standard InChI is InChI=1S/C17H17ClFNO3/c1-3-23-16-14(18)8-12(9-15(16)22-2)17(21)20-10-11-5-4-6-13(19)7-11/h4-9H,3,10H2,1-2H3,(H,20,21). The molecular weight excluding hydrogens is 321 g/mol. The molecule has 1 N–H and O–H groups in total. The summed E-state index contributed by atoms with van der Waals surface area (Å²) in [6.07, 6.45) is 0. The van der Waals surface area contributed by atoms with E-state index in [1.165, 1.54) is 25.3 Å². The summed E-state index contributed by atoms with van der Waals surface area (Å²) in [5.41, 5.74) is 1.01. The third kappa shape index (κ3) is 4.36. The number of halogens is 2. The molecule has 0 aromatic heterocycles. The van der Waals surface area contributed by atoms with E-state index in [4.69, 9.17) is 21.1 Å². The van der Waals surface area contributed by atoms with Gasteiger partial charge in [0.15, 0.2) is 11.5 Å². The minimum atomic E-state index is -0.345. The van der Waals surface area contributed by atoms with E-state index in [1.807, 2.05) is 6.92 Å². The first-order valence-corrected chi connectivity index (χ1v) is 7.46. The Kier molecular flexibility index (Phi) is 5.82. The summed E-state index contributed by atoms with van der Waals surface area (Å²) in [6.45, 7) is 2.47. The maximum absolute atomic E-state index is 13.1. The van der Waals surface area contributed by atoms with E-state index in [2.05, 4.69) is 5.32 Å². The molecule has 0 bridgehead atoms. The van der Waals surface area contributed by atoms with Gasteiger partial charge in [0.1, 0.15) is 5.82 Å². The number of amides is 1. The zero-order chi connectivity index (χ0) is 16.8. The first-order chi connectivity index (χ1) is 11.0. The van der Waals surface area contributed by atoms with Gasteiger partial charge in [-0.1, -0.05) is 23.7 Å². The molecule has 0 aliphatic heterocycles. The molecule has 0 atom stereocenters. The molecule has 0 unspecified atom stereocenters. The fourth-order valence-electron chi connectivity index (χ4n) is 2.07. The fraction of sp³-hybridized carbons (Fsp3) is 0.235. The van der Waals surface area contributed by atoms with Crippen molar-refractivity contribution in [1.82, 2.24) is 5.32 Å². The van der Waals surface area contributed by atoms with Crippen LogP contribution in [0.1, 0.15) is 22.8 Å². The molecule has 0 spiro atoms. The van der Waals surface area contributed by atoms with Crippen molar-refractivity contribution < 1.29 is 18.7 Å². The molecule has 2 aromatic rings. The van der Waals surface area contributed by atoms with Crippen molar-refractivity contribution in [2.24, 2.45) is 0 Å². The van der Waals surface area contributed by atoms with Crippen LogP contribution < -0.4 is 14.8 Å². The molecule has 0 radical (unpaired) electrons. The highest BCUT2D eigenvalue weighted by Gasteiger charge is 2.15. The lowest BCUT2D eigenvalue weighted by molar-refractivity contribution is 0.0950. The van der Waals surface area contributed by atoms with Gasteiger partial charge < -0.3 is 14.8 Å². The molecule has 6 heteroatoms. The Hall–Kier alpha value is -2.27. The van der Waals surface area contributed by atoms with E-state index in [0.717, 1.165) is 0 Å². The van der Waals surface area contributed by atoms with Crippen LogP contribution in [0.15, 0.2) is 36.4 Å². The molecule has 0 aliphatic rings. The van der Waals surface area contributed by atoms with Crippen LogP contribution in [0.5, 0.6) is 11.5 Å². The summed E-state index contributed by atoms with van der Waals surface area (Å²) in [6, 6.07) is 9.10. The molecule has 1 amide bonds. The highest BCUT2D eigenvalue weighted by Crippen LogP contribution is 2.36. The first-order valence-electron chi connectivity index (χ1n) is 7.08. The van der Waals surface area contributed by atoms with Gasteiger partial charge in [-0.05, 0) is 36.8 Å². The van der Waals surface area contributed by atoms with Crippen LogP contribution in [0, 0.1) is 5.82 Å². The molecule has 0 saturated heterocycles. The Balaban J connectivity index is 2.14. The maximum Gasteiger partial charge on any atom is 0.251 e. The van der Waals surface area contributed by atoms with E-state index < -0.39 is 0 Å².